The molecule has 2 saturated heterocycles. The lowest BCUT2D eigenvalue weighted by Crippen LogP contribution is -2.51. The van der Waals surface area contributed by atoms with E-state index in [0.717, 1.165) is 0 Å². The zero-order valence-corrected chi connectivity index (χ0v) is 18.4. The van der Waals surface area contributed by atoms with Crippen molar-refractivity contribution in [3.05, 3.63) is 70.8 Å². The second-order valence-corrected chi connectivity index (χ2v) is 8.72. The molecule has 4 heterocycles. The molecular formula is C24H20N4O6. The predicted molar refractivity (Wildman–Crippen MR) is 118 cm³/mol. The Morgan fingerprint density at radius 2 is 1.85 bits per heavy atom. The van der Waals surface area contributed by atoms with E-state index in [2.05, 4.69) is 4.98 Å². The van der Waals surface area contributed by atoms with E-state index in [1.165, 1.54) is 27.8 Å². The molecule has 3 aliphatic rings. The Morgan fingerprint density at radius 1 is 1.12 bits per heavy atom. The summed E-state index contributed by atoms with van der Waals surface area (Å²) in [4.78, 5) is 62.9. The molecule has 0 aliphatic carbocycles. The highest BCUT2D eigenvalue weighted by molar-refractivity contribution is 6.03. The smallest absolute Gasteiger partial charge is 0.330 e. The van der Waals surface area contributed by atoms with Gasteiger partial charge in [0.1, 0.15) is 12.1 Å². The first-order valence-electron chi connectivity index (χ1n) is 10.9. The number of hydrogen-bond donors (Lipinski definition) is 0. The highest BCUT2D eigenvalue weighted by Gasteiger charge is 2.68. The van der Waals surface area contributed by atoms with Crippen LogP contribution in [0, 0.1) is 0 Å². The SMILES string of the molecule is CC(=O)ON1[C@H]2N(C(=O)[C@@H]1C)c1ccccc1[C@@]21C[C@H](n2cnc3ccccc3c2=O)C(=O)O1. The number of ether oxygens (including phenoxy) is 1. The third-order valence-corrected chi connectivity index (χ3v) is 6.81. The first kappa shape index (κ1) is 20.5. The quantitative estimate of drug-likeness (QED) is 0.531. The van der Waals surface area contributed by atoms with Crippen molar-refractivity contribution < 1.29 is 24.0 Å². The summed E-state index contributed by atoms with van der Waals surface area (Å²) in [6.45, 7) is 2.88. The van der Waals surface area contributed by atoms with Gasteiger partial charge in [0.25, 0.3) is 5.56 Å². The van der Waals surface area contributed by atoms with Gasteiger partial charge in [0.2, 0.25) is 5.91 Å². The Labute approximate surface area is 193 Å². The molecule has 0 bridgehead atoms. The van der Waals surface area contributed by atoms with Gasteiger partial charge in [-0.05, 0) is 25.1 Å². The van der Waals surface area contributed by atoms with Crippen molar-refractivity contribution in [2.75, 3.05) is 4.90 Å². The summed E-state index contributed by atoms with van der Waals surface area (Å²) in [6, 6.07) is 12.3. The number of nitrogens with zero attached hydrogens (tertiary/aromatic N) is 4. The van der Waals surface area contributed by atoms with Crippen molar-refractivity contribution in [1.82, 2.24) is 14.6 Å². The fourth-order valence-electron chi connectivity index (χ4n) is 5.38. The van der Waals surface area contributed by atoms with Crippen molar-refractivity contribution in [1.29, 1.82) is 0 Å². The second-order valence-electron chi connectivity index (χ2n) is 8.72. The monoisotopic (exact) mass is 460 g/mol. The van der Waals surface area contributed by atoms with Crippen molar-refractivity contribution >= 4 is 34.4 Å². The molecule has 34 heavy (non-hydrogen) atoms. The number of carbonyl (C=O) groups excluding carboxylic acids is 3. The molecule has 10 nitrogen and oxygen atoms in total. The molecule has 2 fully saturated rings. The topological polar surface area (TPSA) is 111 Å². The van der Waals surface area contributed by atoms with Crippen molar-refractivity contribution in [3.63, 3.8) is 0 Å². The van der Waals surface area contributed by atoms with E-state index in [-0.39, 0.29) is 17.9 Å². The predicted octanol–water partition coefficient (Wildman–Crippen LogP) is 1.63. The van der Waals surface area contributed by atoms with Gasteiger partial charge < -0.3 is 9.57 Å². The lowest BCUT2D eigenvalue weighted by atomic mass is 9.88. The van der Waals surface area contributed by atoms with Crippen molar-refractivity contribution in [2.45, 2.75) is 44.1 Å². The van der Waals surface area contributed by atoms with Gasteiger partial charge in [0, 0.05) is 18.9 Å². The molecule has 6 rings (SSSR count). The van der Waals surface area contributed by atoms with E-state index in [1.54, 1.807) is 55.5 Å². The minimum Gasteiger partial charge on any atom is -0.449 e. The lowest BCUT2D eigenvalue weighted by Gasteiger charge is -2.34. The molecule has 0 N–H and O–H groups in total. The zero-order chi connectivity index (χ0) is 23.8. The van der Waals surface area contributed by atoms with Crippen LogP contribution in [0.4, 0.5) is 5.69 Å². The largest absolute Gasteiger partial charge is 0.449 e. The van der Waals surface area contributed by atoms with Crippen LogP contribution < -0.4 is 10.5 Å². The Bertz CT molecular complexity index is 1450. The molecule has 4 atom stereocenters. The van der Waals surface area contributed by atoms with Crippen LogP contribution in [0.3, 0.4) is 0 Å². The number of aromatic nitrogens is 2. The van der Waals surface area contributed by atoms with Crippen LogP contribution in [-0.4, -0.2) is 44.7 Å². The summed E-state index contributed by atoms with van der Waals surface area (Å²) in [5.41, 5.74) is 0.0321. The average Bonchev–Trinajstić information content (AvgIpc) is 3.40. The maximum atomic E-state index is 13.3. The van der Waals surface area contributed by atoms with Crippen LogP contribution in [0.5, 0.6) is 0 Å². The minimum atomic E-state index is -1.33. The molecule has 3 aliphatic heterocycles. The van der Waals surface area contributed by atoms with Crippen molar-refractivity contribution in [3.8, 4) is 0 Å². The number of fused-ring (bicyclic) bond motifs is 6. The molecule has 1 spiro atoms. The van der Waals surface area contributed by atoms with E-state index >= 15 is 0 Å². The highest BCUT2D eigenvalue weighted by atomic mass is 16.7. The second kappa shape index (κ2) is 6.97. The normalized spacial score (nSPS) is 27.8. The van der Waals surface area contributed by atoms with Crippen molar-refractivity contribution in [2.24, 2.45) is 0 Å². The van der Waals surface area contributed by atoms with Gasteiger partial charge in [-0.1, -0.05) is 30.3 Å². The van der Waals surface area contributed by atoms with Gasteiger partial charge in [-0.15, -0.1) is 5.06 Å². The van der Waals surface area contributed by atoms with Gasteiger partial charge in [0.15, 0.2) is 11.8 Å². The van der Waals surface area contributed by atoms with E-state index in [1.807, 2.05) is 0 Å². The number of anilines is 1. The first-order chi connectivity index (χ1) is 16.3. The third kappa shape index (κ3) is 2.57. The summed E-state index contributed by atoms with van der Waals surface area (Å²) >= 11 is 0. The summed E-state index contributed by atoms with van der Waals surface area (Å²) in [5, 5.41) is 1.68. The number of hydroxylamine groups is 2. The summed E-state index contributed by atoms with van der Waals surface area (Å²) in [5.74, 6) is -1.49. The molecule has 0 unspecified atom stereocenters. The summed E-state index contributed by atoms with van der Waals surface area (Å²) in [6.07, 6.45) is 0.511. The maximum absolute atomic E-state index is 13.3. The lowest BCUT2D eigenvalue weighted by molar-refractivity contribution is -0.221. The molecule has 172 valence electrons. The summed E-state index contributed by atoms with van der Waals surface area (Å²) < 4.78 is 7.32. The molecule has 2 aromatic carbocycles. The number of rotatable bonds is 2. The van der Waals surface area contributed by atoms with E-state index < -0.39 is 35.8 Å². The Morgan fingerprint density at radius 3 is 2.65 bits per heavy atom. The Kier molecular flexibility index (Phi) is 4.21. The number of carbonyl (C=O) groups is 3. The molecule has 0 radical (unpaired) electrons. The van der Waals surface area contributed by atoms with Crippen LogP contribution in [-0.2, 0) is 29.6 Å². The highest BCUT2D eigenvalue weighted by Crippen LogP contribution is 2.57. The van der Waals surface area contributed by atoms with Crippen LogP contribution in [0.15, 0.2) is 59.7 Å². The third-order valence-electron chi connectivity index (χ3n) is 6.81. The number of esters is 1. The van der Waals surface area contributed by atoms with Gasteiger partial charge in [-0.3, -0.25) is 23.9 Å². The van der Waals surface area contributed by atoms with Gasteiger partial charge in [0.05, 0.1) is 22.9 Å². The standard InChI is InChI=1S/C24H20N4O6/c1-13-20(30)27-18-10-6-4-8-16(18)24(23(27)28(13)34-14(2)29)11-19(22(32)33-24)26-12-25-17-9-5-3-7-15(17)21(26)31/h3-10,12-13,19,23H,11H2,1-2H3/t13-,19-,23+,24-/m0/s1. The van der Waals surface area contributed by atoms with Crippen LogP contribution >= 0.6 is 0 Å². The number of para-hydroxylation sites is 2. The fraction of sp³-hybridized carbons (Fsp3) is 0.292. The average molecular weight is 460 g/mol. The van der Waals surface area contributed by atoms with Crippen LogP contribution in [0.1, 0.15) is 31.9 Å². The molecule has 1 aromatic heterocycles. The minimum absolute atomic E-state index is 0.0572. The van der Waals surface area contributed by atoms with E-state index in [4.69, 9.17) is 9.57 Å². The molecule has 10 heteroatoms. The van der Waals surface area contributed by atoms with Crippen LogP contribution in [0.2, 0.25) is 0 Å². The van der Waals surface area contributed by atoms with Gasteiger partial charge in [-0.2, -0.15) is 0 Å². The number of benzene rings is 2. The molecule has 1 amide bonds. The van der Waals surface area contributed by atoms with Crippen LogP contribution in [0.25, 0.3) is 10.9 Å². The molecule has 0 saturated carbocycles. The van der Waals surface area contributed by atoms with E-state index in [9.17, 15) is 19.2 Å². The zero-order valence-electron chi connectivity index (χ0n) is 18.4. The fourth-order valence-corrected chi connectivity index (χ4v) is 5.38. The summed E-state index contributed by atoms with van der Waals surface area (Å²) in [7, 11) is 0. The van der Waals surface area contributed by atoms with E-state index in [0.29, 0.717) is 22.2 Å². The Balaban J connectivity index is 1.51. The molecular weight excluding hydrogens is 440 g/mol. The molecule has 3 aromatic rings. The Hall–Kier alpha value is -4.05. The number of hydrogen-bond acceptors (Lipinski definition) is 8. The maximum Gasteiger partial charge on any atom is 0.330 e. The van der Waals surface area contributed by atoms with Gasteiger partial charge in [-0.25, -0.2) is 9.78 Å². The number of amides is 1. The van der Waals surface area contributed by atoms with Gasteiger partial charge >= 0.3 is 11.9 Å². The first-order valence-corrected chi connectivity index (χ1v) is 10.9.